The van der Waals surface area contributed by atoms with Gasteiger partial charge in [0.05, 0.1) is 12.8 Å². The molecule has 0 spiro atoms. The number of ketones is 1. The van der Waals surface area contributed by atoms with E-state index in [0.717, 1.165) is 21.6 Å². The number of rotatable bonds is 4. The Kier molecular flexibility index (Phi) is 4.29. The summed E-state index contributed by atoms with van der Waals surface area (Å²) in [7, 11) is 1.62. The fourth-order valence-corrected chi connectivity index (χ4v) is 2.19. The Labute approximate surface area is 126 Å². The van der Waals surface area contributed by atoms with Crippen molar-refractivity contribution in [3.8, 4) is 5.75 Å². The molecule has 20 heavy (non-hydrogen) atoms. The van der Waals surface area contributed by atoms with E-state index in [9.17, 15) is 4.79 Å². The van der Waals surface area contributed by atoms with Gasteiger partial charge in [-0.05, 0) is 53.2 Å². The number of methoxy groups -OCH3 is 1. The molecule has 2 aromatic rings. The number of nitrogens with one attached hydrogen (secondary N) is 1. The van der Waals surface area contributed by atoms with E-state index in [2.05, 4.69) is 21.2 Å². The van der Waals surface area contributed by atoms with Crippen LogP contribution in [0.25, 0.3) is 0 Å². The molecule has 0 aliphatic rings. The molecule has 4 nitrogen and oxygen atoms in total. The smallest absolute Gasteiger partial charge is 0.161 e. The Morgan fingerprint density at radius 2 is 2.00 bits per heavy atom. The summed E-state index contributed by atoms with van der Waals surface area (Å²) in [6.07, 6.45) is 0. The van der Waals surface area contributed by atoms with Crippen molar-refractivity contribution in [1.29, 1.82) is 0 Å². The second-order valence-electron chi connectivity index (χ2n) is 4.33. The summed E-state index contributed by atoms with van der Waals surface area (Å²) in [5, 5.41) is 3.24. The number of ether oxygens (including phenoxy) is 1. The van der Waals surface area contributed by atoms with Crippen molar-refractivity contribution in [2.75, 3.05) is 18.2 Å². The van der Waals surface area contributed by atoms with Gasteiger partial charge in [0.1, 0.15) is 5.75 Å². The number of Topliss-reactive ketones (excluding diaryl/α,β-unsaturated/α-hetero) is 1. The maximum Gasteiger partial charge on any atom is 0.161 e. The molecule has 0 aliphatic carbocycles. The van der Waals surface area contributed by atoms with Crippen LogP contribution in [0, 0.1) is 0 Å². The number of hydrogen-bond donors (Lipinski definition) is 2. The third-order valence-electron chi connectivity index (χ3n) is 2.88. The zero-order valence-corrected chi connectivity index (χ0v) is 12.8. The Balaban J connectivity index is 2.30. The molecule has 0 unspecified atom stereocenters. The highest BCUT2D eigenvalue weighted by Crippen LogP contribution is 2.30. The Bertz CT molecular complexity index is 656. The number of anilines is 3. The molecule has 0 atom stereocenters. The largest absolute Gasteiger partial charge is 0.497 e. The van der Waals surface area contributed by atoms with Crippen LogP contribution in [0.15, 0.2) is 40.9 Å². The van der Waals surface area contributed by atoms with Crippen LogP contribution in [0.1, 0.15) is 17.3 Å². The predicted octanol–water partition coefficient (Wildman–Crippen LogP) is 3.99. The van der Waals surface area contributed by atoms with E-state index in [1.165, 1.54) is 6.92 Å². The quantitative estimate of drug-likeness (QED) is 0.655. The molecule has 2 rings (SSSR count). The van der Waals surface area contributed by atoms with Crippen molar-refractivity contribution in [1.82, 2.24) is 0 Å². The van der Waals surface area contributed by atoms with Crippen molar-refractivity contribution in [2.45, 2.75) is 6.92 Å². The molecule has 0 saturated heterocycles. The molecule has 0 bridgehead atoms. The molecule has 3 N–H and O–H groups in total. The summed E-state index contributed by atoms with van der Waals surface area (Å²) in [6.45, 7) is 1.50. The van der Waals surface area contributed by atoms with Crippen LogP contribution in [0.2, 0.25) is 0 Å². The van der Waals surface area contributed by atoms with Crippen molar-refractivity contribution in [2.24, 2.45) is 0 Å². The summed E-state index contributed by atoms with van der Waals surface area (Å²) in [5.41, 5.74) is 8.53. The minimum absolute atomic E-state index is 0.0448. The fourth-order valence-electron chi connectivity index (χ4n) is 1.84. The van der Waals surface area contributed by atoms with Gasteiger partial charge in [0.25, 0.3) is 0 Å². The second kappa shape index (κ2) is 5.96. The van der Waals surface area contributed by atoms with Gasteiger partial charge < -0.3 is 15.8 Å². The van der Waals surface area contributed by atoms with Crippen molar-refractivity contribution < 1.29 is 9.53 Å². The normalized spacial score (nSPS) is 10.2. The third kappa shape index (κ3) is 3.11. The first kappa shape index (κ1) is 14.4. The van der Waals surface area contributed by atoms with E-state index in [1.807, 2.05) is 24.3 Å². The van der Waals surface area contributed by atoms with Gasteiger partial charge >= 0.3 is 0 Å². The van der Waals surface area contributed by atoms with Crippen molar-refractivity contribution in [3.63, 3.8) is 0 Å². The topological polar surface area (TPSA) is 64.3 Å². The SMILES string of the molecule is COc1ccc(Br)c(Nc2ccc(C(C)=O)c(N)c2)c1. The third-order valence-corrected chi connectivity index (χ3v) is 3.57. The van der Waals surface area contributed by atoms with E-state index < -0.39 is 0 Å². The molecule has 0 saturated carbocycles. The Morgan fingerprint density at radius 3 is 2.60 bits per heavy atom. The van der Waals surface area contributed by atoms with Gasteiger partial charge in [0.2, 0.25) is 0 Å². The number of carbonyl (C=O) groups is 1. The molecule has 104 valence electrons. The van der Waals surface area contributed by atoms with E-state index in [1.54, 1.807) is 19.2 Å². The first-order chi connectivity index (χ1) is 9.51. The van der Waals surface area contributed by atoms with E-state index in [0.29, 0.717) is 11.3 Å². The lowest BCUT2D eigenvalue weighted by molar-refractivity contribution is 0.101. The average Bonchev–Trinajstić information content (AvgIpc) is 2.41. The van der Waals surface area contributed by atoms with Gasteiger partial charge in [-0.2, -0.15) is 0 Å². The van der Waals surface area contributed by atoms with Crippen molar-refractivity contribution in [3.05, 3.63) is 46.4 Å². The summed E-state index contributed by atoms with van der Waals surface area (Å²) < 4.78 is 6.10. The zero-order chi connectivity index (χ0) is 14.7. The highest BCUT2D eigenvalue weighted by Gasteiger charge is 2.07. The summed E-state index contributed by atoms with van der Waals surface area (Å²) >= 11 is 3.47. The van der Waals surface area contributed by atoms with Gasteiger partial charge in [0, 0.05) is 27.5 Å². The highest BCUT2D eigenvalue weighted by atomic mass is 79.9. The van der Waals surface area contributed by atoms with Gasteiger partial charge in [-0.1, -0.05) is 0 Å². The highest BCUT2D eigenvalue weighted by molar-refractivity contribution is 9.10. The fraction of sp³-hybridized carbons (Fsp3) is 0.133. The monoisotopic (exact) mass is 334 g/mol. The molecular formula is C15H15BrN2O2. The molecular weight excluding hydrogens is 320 g/mol. The van der Waals surface area contributed by atoms with E-state index >= 15 is 0 Å². The van der Waals surface area contributed by atoms with Gasteiger partial charge in [0.15, 0.2) is 5.78 Å². The maximum atomic E-state index is 11.3. The molecule has 0 amide bonds. The second-order valence-corrected chi connectivity index (χ2v) is 5.18. The number of carbonyl (C=O) groups excluding carboxylic acids is 1. The minimum Gasteiger partial charge on any atom is -0.497 e. The van der Waals surface area contributed by atoms with Crippen LogP contribution in [-0.2, 0) is 0 Å². The van der Waals surface area contributed by atoms with Gasteiger partial charge in [-0.15, -0.1) is 0 Å². The van der Waals surface area contributed by atoms with Crippen LogP contribution < -0.4 is 15.8 Å². The lowest BCUT2D eigenvalue weighted by atomic mass is 10.1. The first-order valence-electron chi connectivity index (χ1n) is 6.02. The number of hydrogen-bond acceptors (Lipinski definition) is 4. The predicted molar refractivity (Wildman–Crippen MR) is 84.8 cm³/mol. The van der Waals surface area contributed by atoms with Gasteiger partial charge in [-0.25, -0.2) is 0 Å². The minimum atomic E-state index is -0.0448. The summed E-state index contributed by atoms with van der Waals surface area (Å²) in [4.78, 5) is 11.3. The molecule has 5 heteroatoms. The van der Waals surface area contributed by atoms with Crippen LogP contribution in [0.5, 0.6) is 5.75 Å². The lowest BCUT2D eigenvalue weighted by Gasteiger charge is -2.12. The number of nitrogen functional groups attached to an aromatic ring is 1. The van der Waals surface area contributed by atoms with E-state index in [4.69, 9.17) is 10.5 Å². The molecule has 0 aromatic heterocycles. The van der Waals surface area contributed by atoms with Crippen LogP contribution in [-0.4, -0.2) is 12.9 Å². The molecule has 0 heterocycles. The van der Waals surface area contributed by atoms with Crippen LogP contribution in [0.4, 0.5) is 17.1 Å². The van der Waals surface area contributed by atoms with Gasteiger partial charge in [-0.3, -0.25) is 4.79 Å². The van der Waals surface area contributed by atoms with Crippen LogP contribution in [0.3, 0.4) is 0 Å². The molecule has 0 aliphatic heterocycles. The standard InChI is InChI=1S/C15H15BrN2O2/c1-9(19)12-5-3-10(7-14(12)17)18-15-8-11(20-2)4-6-13(15)16/h3-8,18H,17H2,1-2H3. The van der Waals surface area contributed by atoms with E-state index in [-0.39, 0.29) is 5.78 Å². The average molecular weight is 335 g/mol. The Hall–Kier alpha value is -2.01. The molecule has 2 aromatic carbocycles. The summed E-state index contributed by atoms with van der Waals surface area (Å²) in [6, 6.07) is 10.9. The lowest BCUT2D eigenvalue weighted by Crippen LogP contribution is -2.01. The first-order valence-corrected chi connectivity index (χ1v) is 6.81. The maximum absolute atomic E-state index is 11.3. The summed E-state index contributed by atoms with van der Waals surface area (Å²) in [5.74, 6) is 0.709. The number of nitrogens with two attached hydrogens (primary N) is 1. The number of benzene rings is 2. The molecule has 0 fully saturated rings. The van der Waals surface area contributed by atoms with Crippen molar-refractivity contribution >= 4 is 38.8 Å². The zero-order valence-electron chi connectivity index (χ0n) is 11.2. The Morgan fingerprint density at radius 1 is 1.25 bits per heavy atom. The molecule has 0 radical (unpaired) electrons. The van der Waals surface area contributed by atoms with Crippen LogP contribution >= 0.6 is 15.9 Å². The number of halogens is 1.